The Bertz CT molecular complexity index is 1940. The van der Waals surface area contributed by atoms with Gasteiger partial charge in [0.2, 0.25) is 5.91 Å². The minimum Gasteiger partial charge on any atom is -0.478 e. The third kappa shape index (κ3) is 6.13. The molecular formula is C37H38N4O4. The molecule has 1 fully saturated rings. The van der Waals surface area contributed by atoms with Crippen LogP contribution in [0, 0.1) is 0 Å². The predicted molar refractivity (Wildman–Crippen MR) is 179 cm³/mol. The first-order valence-corrected chi connectivity index (χ1v) is 15.5. The monoisotopic (exact) mass is 602 g/mol. The van der Waals surface area contributed by atoms with Crippen molar-refractivity contribution in [1.82, 2.24) is 14.9 Å². The van der Waals surface area contributed by atoms with Gasteiger partial charge < -0.3 is 25.3 Å². The Kier molecular flexibility index (Phi) is 8.06. The summed E-state index contributed by atoms with van der Waals surface area (Å²) in [6.45, 7) is 3.34. The molecule has 3 aromatic carbocycles. The van der Waals surface area contributed by atoms with Crippen LogP contribution in [0.15, 0.2) is 79.0 Å². The molecule has 8 heteroatoms. The third-order valence-corrected chi connectivity index (χ3v) is 8.92. The summed E-state index contributed by atoms with van der Waals surface area (Å²) in [6, 6.07) is 21.3. The van der Waals surface area contributed by atoms with Crippen molar-refractivity contribution in [3.8, 4) is 11.3 Å². The maximum absolute atomic E-state index is 13.6. The molecule has 230 valence electrons. The number of aromatic nitrogens is 2. The second-order valence-corrected chi connectivity index (χ2v) is 12.5. The number of H-pyrrole nitrogens is 1. The molecule has 0 bridgehead atoms. The first-order chi connectivity index (χ1) is 21.6. The van der Waals surface area contributed by atoms with Crippen LogP contribution in [0.25, 0.3) is 39.1 Å². The van der Waals surface area contributed by atoms with E-state index >= 15 is 0 Å². The van der Waals surface area contributed by atoms with Gasteiger partial charge in [-0.05, 0) is 97.8 Å². The summed E-state index contributed by atoms with van der Waals surface area (Å²) in [5, 5.41) is 16.9. The van der Waals surface area contributed by atoms with E-state index in [1.54, 1.807) is 38.1 Å². The summed E-state index contributed by atoms with van der Waals surface area (Å²) in [5.41, 5.74) is 6.34. The summed E-state index contributed by atoms with van der Waals surface area (Å²) < 4.78 is 2.22. The number of carboxylic acids is 1. The quantitative estimate of drug-likeness (QED) is 0.137. The van der Waals surface area contributed by atoms with Crippen LogP contribution >= 0.6 is 0 Å². The smallest absolute Gasteiger partial charge is 0.328 e. The van der Waals surface area contributed by atoms with E-state index in [9.17, 15) is 14.4 Å². The molecular weight excluding hydrogens is 564 g/mol. The highest BCUT2D eigenvalue weighted by molar-refractivity contribution is 6.05. The first kappa shape index (κ1) is 29.9. The molecule has 0 atom stereocenters. The molecule has 0 spiro atoms. The van der Waals surface area contributed by atoms with Crippen molar-refractivity contribution in [2.24, 2.45) is 7.05 Å². The van der Waals surface area contributed by atoms with E-state index in [-0.39, 0.29) is 11.8 Å². The minimum absolute atomic E-state index is 0.332. The Balaban J connectivity index is 1.27. The van der Waals surface area contributed by atoms with Crippen LogP contribution in [0.3, 0.4) is 0 Å². The summed E-state index contributed by atoms with van der Waals surface area (Å²) in [5.74, 6) is -1.27. The number of aromatic amines is 1. The molecule has 6 rings (SSSR count). The van der Waals surface area contributed by atoms with E-state index in [0.717, 1.165) is 35.5 Å². The number of benzene rings is 3. The van der Waals surface area contributed by atoms with E-state index in [1.807, 2.05) is 18.3 Å². The number of fused-ring (bicyclic) bond motifs is 2. The molecule has 8 nitrogen and oxygen atoms in total. The van der Waals surface area contributed by atoms with Crippen LogP contribution in [-0.2, 0) is 16.6 Å². The number of rotatable bonds is 8. The Morgan fingerprint density at radius 1 is 0.956 bits per heavy atom. The predicted octanol–water partition coefficient (Wildman–Crippen LogP) is 7.62. The molecule has 1 saturated carbocycles. The summed E-state index contributed by atoms with van der Waals surface area (Å²) >= 11 is 0. The highest BCUT2D eigenvalue weighted by Gasteiger charge is 2.31. The number of nitrogens with one attached hydrogen (secondary N) is 3. The number of aryl methyl sites for hydroxylation is 1. The molecule has 45 heavy (non-hydrogen) atoms. The van der Waals surface area contributed by atoms with Gasteiger partial charge in [0, 0.05) is 52.4 Å². The molecule has 5 aromatic rings. The fraction of sp³-hybridized carbons (Fsp3) is 0.270. The Morgan fingerprint density at radius 2 is 1.71 bits per heavy atom. The molecule has 2 amide bonds. The fourth-order valence-corrected chi connectivity index (χ4v) is 6.51. The topological polar surface area (TPSA) is 116 Å². The van der Waals surface area contributed by atoms with Gasteiger partial charge in [-0.1, -0.05) is 43.5 Å². The lowest BCUT2D eigenvalue weighted by molar-refractivity contribution is -0.131. The second-order valence-electron chi connectivity index (χ2n) is 12.5. The van der Waals surface area contributed by atoms with Gasteiger partial charge in [0.05, 0.1) is 5.69 Å². The molecule has 1 aliphatic rings. The second kappa shape index (κ2) is 12.1. The van der Waals surface area contributed by atoms with Crippen LogP contribution in [-0.4, -0.2) is 38.0 Å². The largest absolute Gasteiger partial charge is 0.478 e. The average Bonchev–Trinajstić information content (AvgIpc) is 3.62. The fourth-order valence-electron chi connectivity index (χ4n) is 6.51. The molecule has 0 unspecified atom stereocenters. The molecule has 0 radical (unpaired) electrons. The zero-order chi connectivity index (χ0) is 31.7. The van der Waals surface area contributed by atoms with Gasteiger partial charge in [0.25, 0.3) is 5.91 Å². The third-order valence-electron chi connectivity index (χ3n) is 8.92. The molecule has 1 aliphatic carbocycles. The van der Waals surface area contributed by atoms with E-state index in [4.69, 9.17) is 5.11 Å². The molecule has 2 aromatic heterocycles. The number of nitrogens with zero attached hydrogens (tertiary/aromatic N) is 1. The van der Waals surface area contributed by atoms with Gasteiger partial charge in [-0.15, -0.1) is 0 Å². The number of hydrogen-bond acceptors (Lipinski definition) is 3. The minimum atomic E-state index is -1.20. The Hall–Kier alpha value is -5.11. The average molecular weight is 603 g/mol. The lowest BCUT2D eigenvalue weighted by Crippen LogP contribution is -2.52. The SMILES string of the molecule is Cn1c(-c2ccc3[nH]ccc3c2)c(C2CCCCC2)c2ccc(C(=O)NC(C)(C)C(=O)Nc3ccc(/C=C/C(=O)O)cc3)cc21. The molecule has 0 saturated heterocycles. The highest BCUT2D eigenvalue weighted by atomic mass is 16.4. The van der Waals surface area contributed by atoms with Crippen molar-refractivity contribution in [1.29, 1.82) is 0 Å². The Morgan fingerprint density at radius 3 is 2.44 bits per heavy atom. The van der Waals surface area contributed by atoms with E-state index in [1.165, 1.54) is 47.4 Å². The molecule has 4 N–H and O–H groups in total. The van der Waals surface area contributed by atoms with Crippen LogP contribution < -0.4 is 10.6 Å². The number of aliphatic carboxylic acids is 1. The van der Waals surface area contributed by atoms with Crippen molar-refractivity contribution in [3.63, 3.8) is 0 Å². The normalized spacial score (nSPS) is 14.3. The zero-order valence-electron chi connectivity index (χ0n) is 25.8. The maximum Gasteiger partial charge on any atom is 0.328 e. The van der Waals surface area contributed by atoms with E-state index in [0.29, 0.717) is 22.7 Å². The number of carbonyl (C=O) groups excluding carboxylic acids is 2. The lowest BCUT2D eigenvalue weighted by Gasteiger charge is -2.25. The van der Waals surface area contributed by atoms with Crippen LogP contribution in [0.4, 0.5) is 5.69 Å². The van der Waals surface area contributed by atoms with E-state index in [2.05, 4.69) is 57.6 Å². The van der Waals surface area contributed by atoms with Gasteiger partial charge >= 0.3 is 5.97 Å². The number of carboxylic acid groups (broad SMARTS) is 1. The van der Waals surface area contributed by atoms with Crippen LogP contribution in [0.2, 0.25) is 0 Å². The molecule has 0 aliphatic heterocycles. The summed E-state index contributed by atoms with van der Waals surface area (Å²) in [4.78, 5) is 40.8. The standard InChI is InChI=1S/C37H38N4O4/c1-37(2,36(45)39-28-14-9-23(10-15-28)11-18-32(42)43)40-35(44)27-12-16-29-31(22-27)41(3)34(33(29)24-7-5-4-6-8-24)26-13-17-30-25(21-26)19-20-38-30/h9-22,24,38H,4-8H2,1-3H3,(H,39,45)(H,40,44)(H,42,43)/b18-11+. The molecule has 2 heterocycles. The number of amides is 2. The van der Waals surface area contributed by atoms with Gasteiger partial charge in [-0.3, -0.25) is 9.59 Å². The van der Waals surface area contributed by atoms with Gasteiger partial charge in [-0.2, -0.15) is 0 Å². The number of hydrogen-bond donors (Lipinski definition) is 4. The first-order valence-electron chi connectivity index (χ1n) is 15.5. The van der Waals surface area contributed by atoms with Gasteiger partial charge in [-0.25, -0.2) is 4.79 Å². The maximum atomic E-state index is 13.6. The Labute approximate surface area is 262 Å². The number of anilines is 1. The van der Waals surface area contributed by atoms with Crippen molar-refractivity contribution in [3.05, 3.63) is 95.7 Å². The zero-order valence-corrected chi connectivity index (χ0v) is 25.8. The van der Waals surface area contributed by atoms with Crippen molar-refractivity contribution >= 4 is 51.4 Å². The summed E-state index contributed by atoms with van der Waals surface area (Å²) in [6.07, 6.45) is 10.5. The van der Waals surface area contributed by atoms with Crippen LogP contribution in [0.5, 0.6) is 0 Å². The van der Waals surface area contributed by atoms with Gasteiger partial charge in [0.15, 0.2) is 0 Å². The van der Waals surface area contributed by atoms with Crippen LogP contribution in [0.1, 0.15) is 73.4 Å². The van der Waals surface area contributed by atoms with Crippen molar-refractivity contribution < 1.29 is 19.5 Å². The summed E-state index contributed by atoms with van der Waals surface area (Å²) in [7, 11) is 2.08. The van der Waals surface area contributed by atoms with Gasteiger partial charge in [0.1, 0.15) is 5.54 Å². The number of carbonyl (C=O) groups is 3. The van der Waals surface area contributed by atoms with E-state index < -0.39 is 11.5 Å². The highest BCUT2D eigenvalue weighted by Crippen LogP contribution is 2.44. The van der Waals surface area contributed by atoms with Crippen molar-refractivity contribution in [2.45, 2.75) is 57.4 Å². The van der Waals surface area contributed by atoms with Crippen molar-refractivity contribution in [2.75, 3.05) is 5.32 Å². The lowest BCUT2D eigenvalue weighted by atomic mass is 9.81.